The van der Waals surface area contributed by atoms with Crippen LogP contribution < -0.4 is 10.2 Å². The maximum absolute atomic E-state index is 5.90. The second kappa shape index (κ2) is 7.15. The van der Waals surface area contributed by atoms with Gasteiger partial charge >= 0.3 is 0 Å². The molecule has 1 aromatic carbocycles. The minimum atomic E-state index is 0.767. The molecule has 0 aliphatic carbocycles. The monoisotopic (exact) mass is 289 g/mol. The smallest absolute Gasteiger partial charge is 0.0573 e. The maximum atomic E-state index is 5.90. The molecule has 2 aromatic rings. The first kappa shape index (κ1) is 14.7. The molecule has 0 spiro atoms. The lowest BCUT2D eigenvalue weighted by molar-refractivity contribution is 0.916. The maximum Gasteiger partial charge on any atom is 0.0573 e. The van der Waals surface area contributed by atoms with Gasteiger partial charge in [-0.25, -0.2) is 0 Å². The van der Waals surface area contributed by atoms with Gasteiger partial charge < -0.3 is 10.2 Å². The second-order valence-corrected chi connectivity index (χ2v) is 5.28. The molecule has 0 aliphatic rings. The van der Waals surface area contributed by atoms with Crippen molar-refractivity contribution in [1.82, 2.24) is 4.98 Å². The van der Waals surface area contributed by atoms with Crippen molar-refractivity contribution in [3.8, 4) is 0 Å². The molecule has 20 heavy (non-hydrogen) atoms. The number of halogens is 1. The van der Waals surface area contributed by atoms with Crippen LogP contribution in [0.5, 0.6) is 0 Å². The fourth-order valence-corrected chi connectivity index (χ4v) is 2.08. The van der Waals surface area contributed by atoms with Gasteiger partial charge in [-0.1, -0.05) is 30.7 Å². The van der Waals surface area contributed by atoms with Crippen molar-refractivity contribution in [3.63, 3.8) is 0 Å². The number of rotatable bonds is 6. The molecule has 106 valence electrons. The summed E-state index contributed by atoms with van der Waals surface area (Å²) < 4.78 is 0. The summed E-state index contributed by atoms with van der Waals surface area (Å²) in [5, 5.41) is 4.12. The van der Waals surface area contributed by atoms with Crippen molar-refractivity contribution in [2.24, 2.45) is 0 Å². The summed E-state index contributed by atoms with van der Waals surface area (Å²) >= 11 is 5.90. The first-order valence-electron chi connectivity index (χ1n) is 6.83. The van der Waals surface area contributed by atoms with Crippen molar-refractivity contribution in [1.29, 1.82) is 0 Å². The number of anilines is 2. The van der Waals surface area contributed by atoms with Gasteiger partial charge in [0.15, 0.2) is 0 Å². The highest BCUT2D eigenvalue weighted by molar-refractivity contribution is 6.30. The lowest BCUT2D eigenvalue weighted by Crippen LogP contribution is -2.16. The first-order chi connectivity index (χ1) is 9.69. The van der Waals surface area contributed by atoms with Crippen molar-refractivity contribution >= 4 is 23.0 Å². The van der Waals surface area contributed by atoms with Crippen LogP contribution in [0.4, 0.5) is 11.4 Å². The fourth-order valence-electron chi connectivity index (χ4n) is 1.96. The zero-order valence-corrected chi connectivity index (χ0v) is 12.7. The number of pyridine rings is 1. The molecule has 2 rings (SSSR count). The number of aromatic nitrogens is 1. The Labute approximate surface area is 125 Å². The van der Waals surface area contributed by atoms with Gasteiger partial charge in [-0.15, -0.1) is 0 Å². The fraction of sp³-hybridized carbons (Fsp3) is 0.312. The molecule has 0 aliphatic heterocycles. The van der Waals surface area contributed by atoms with Crippen LogP contribution in [0.2, 0.25) is 5.02 Å². The molecular formula is C16H20ClN3. The molecule has 1 aromatic heterocycles. The lowest BCUT2D eigenvalue weighted by Gasteiger charge is -2.20. The van der Waals surface area contributed by atoms with E-state index in [1.54, 1.807) is 0 Å². The number of nitrogens with one attached hydrogen (secondary N) is 1. The largest absolute Gasteiger partial charge is 0.384 e. The lowest BCUT2D eigenvalue weighted by atomic mass is 10.2. The van der Waals surface area contributed by atoms with Gasteiger partial charge in [0.1, 0.15) is 0 Å². The number of nitrogens with zero attached hydrogens (tertiary/aromatic N) is 2. The van der Waals surface area contributed by atoms with Crippen molar-refractivity contribution in [2.45, 2.75) is 19.9 Å². The van der Waals surface area contributed by atoms with Gasteiger partial charge in [-0.3, -0.25) is 4.98 Å². The van der Waals surface area contributed by atoms with Gasteiger partial charge in [-0.2, -0.15) is 0 Å². The van der Waals surface area contributed by atoms with Crippen LogP contribution in [0.3, 0.4) is 0 Å². The van der Waals surface area contributed by atoms with E-state index < -0.39 is 0 Å². The Morgan fingerprint density at radius 1 is 1.20 bits per heavy atom. The summed E-state index contributed by atoms with van der Waals surface area (Å²) in [5.41, 5.74) is 3.39. The van der Waals surface area contributed by atoms with Gasteiger partial charge in [0.25, 0.3) is 0 Å². The van der Waals surface area contributed by atoms with E-state index in [-0.39, 0.29) is 0 Å². The SMILES string of the molecule is CCCNc1cncc(N(C)Cc2ccc(Cl)cc2)c1. The number of benzene rings is 1. The predicted octanol–water partition coefficient (Wildman–Crippen LogP) is 4.19. The van der Waals surface area contributed by atoms with E-state index in [1.165, 1.54) is 5.56 Å². The molecular weight excluding hydrogens is 270 g/mol. The Kier molecular flexibility index (Phi) is 5.24. The van der Waals surface area contributed by atoms with E-state index in [2.05, 4.69) is 35.2 Å². The molecule has 4 heteroatoms. The third-order valence-electron chi connectivity index (χ3n) is 3.08. The van der Waals surface area contributed by atoms with E-state index in [4.69, 9.17) is 11.6 Å². The first-order valence-corrected chi connectivity index (χ1v) is 7.21. The Balaban J connectivity index is 2.04. The van der Waals surface area contributed by atoms with E-state index in [1.807, 2.05) is 36.7 Å². The standard InChI is InChI=1S/C16H20ClN3/c1-3-8-19-15-9-16(11-18-10-15)20(2)12-13-4-6-14(17)7-5-13/h4-7,9-11,19H,3,8,12H2,1-2H3. The van der Waals surface area contributed by atoms with E-state index in [0.717, 1.165) is 35.9 Å². The molecule has 0 saturated carbocycles. The van der Waals surface area contributed by atoms with Crippen LogP contribution in [-0.4, -0.2) is 18.6 Å². The molecule has 0 unspecified atom stereocenters. The summed E-state index contributed by atoms with van der Waals surface area (Å²) in [6.07, 6.45) is 4.84. The van der Waals surface area contributed by atoms with Crippen LogP contribution in [-0.2, 0) is 6.54 Å². The highest BCUT2D eigenvalue weighted by atomic mass is 35.5. The molecule has 0 saturated heterocycles. The average molecular weight is 290 g/mol. The molecule has 1 N–H and O–H groups in total. The van der Waals surface area contributed by atoms with Gasteiger partial charge in [0, 0.05) is 25.2 Å². The summed E-state index contributed by atoms with van der Waals surface area (Å²) in [5.74, 6) is 0. The van der Waals surface area contributed by atoms with Crippen LogP contribution in [0.25, 0.3) is 0 Å². The topological polar surface area (TPSA) is 28.2 Å². The Hall–Kier alpha value is -1.74. The molecule has 1 heterocycles. The average Bonchev–Trinajstić information content (AvgIpc) is 2.48. The van der Waals surface area contributed by atoms with Gasteiger partial charge in [0.2, 0.25) is 0 Å². The zero-order chi connectivity index (χ0) is 14.4. The molecule has 0 radical (unpaired) electrons. The van der Waals surface area contributed by atoms with Crippen molar-refractivity contribution in [3.05, 3.63) is 53.3 Å². The number of hydrogen-bond acceptors (Lipinski definition) is 3. The molecule has 3 nitrogen and oxygen atoms in total. The Morgan fingerprint density at radius 3 is 2.65 bits per heavy atom. The Bertz CT molecular complexity index is 540. The minimum absolute atomic E-state index is 0.767. The predicted molar refractivity (Wildman–Crippen MR) is 86.6 cm³/mol. The quantitative estimate of drug-likeness (QED) is 0.864. The van der Waals surface area contributed by atoms with E-state index in [0.29, 0.717) is 0 Å². The van der Waals surface area contributed by atoms with Crippen LogP contribution in [0.1, 0.15) is 18.9 Å². The summed E-state index contributed by atoms with van der Waals surface area (Å²) in [4.78, 5) is 6.46. The second-order valence-electron chi connectivity index (χ2n) is 4.84. The van der Waals surface area contributed by atoms with Crippen molar-refractivity contribution < 1.29 is 0 Å². The molecule has 0 atom stereocenters. The molecule has 0 fully saturated rings. The van der Waals surface area contributed by atoms with Crippen LogP contribution >= 0.6 is 11.6 Å². The third-order valence-corrected chi connectivity index (χ3v) is 3.33. The highest BCUT2D eigenvalue weighted by Crippen LogP contribution is 2.19. The normalized spacial score (nSPS) is 10.3. The minimum Gasteiger partial charge on any atom is -0.384 e. The van der Waals surface area contributed by atoms with Crippen LogP contribution in [0, 0.1) is 0 Å². The number of hydrogen-bond donors (Lipinski definition) is 1. The van der Waals surface area contributed by atoms with Gasteiger partial charge in [0.05, 0.1) is 23.8 Å². The summed E-state index contributed by atoms with van der Waals surface area (Å²) in [6.45, 7) is 3.94. The van der Waals surface area contributed by atoms with Crippen molar-refractivity contribution in [2.75, 3.05) is 23.8 Å². The van der Waals surface area contributed by atoms with Crippen LogP contribution in [0.15, 0.2) is 42.7 Å². The van der Waals surface area contributed by atoms with E-state index >= 15 is 0 Å². The summed E-state index contributed by atoms with van der Waals surface area (Å²) in [6, 6.07) is 10.1. The van der Waals surface area contributed by atoms with Gasteiger partial charge in [-0.05, 0) is 30.2 Å². The third kappa shape index (κ3) is 4.14. The molecule has 0 bridgehead atoms. The van der Waals surface area contributed by atoms with E-state index in [9.17, 15) is 0 Å². The zero-order valence-electron chi connectivity index (χ0n) is 11.9. The summed E-state index contributed by atoms with van der Waals surface area (Å²) in [7, 11) is 2.06. The Morgan fingerprint density at radius 2 is 1.95 bits per heavy atom. The highest BCUT2D eigenvalue weighted by Gasteiger charge is 2.04. The molecule has 0 amide bonds.